The monoisotopic (exact) mass is 390 g/mol. The zero-order valence-electron chi connectivity index (χ0n) is 16.3. The van der Waals surface area contributed by atoms with E-state index in [0.717, 1.165) is 4.90 Å². The highest BCUT2D eigenvalue weighted by atomic mass is 35.5. The van der Waals surface area contributed by atoms with Crippen molar-refractivity contribution in [3.63, 3.8) is 0 Å². The Kier molecular flexibility index (Phi) is 3.56. The first-order valence-corrected chi connectivity index (χ1v) is 7.68. The summed E-state index contributed by atoms with van der Waals surface area (Å²) >= 11 is 11.1. The van der Waals surface area contributed by atoms with E-state index in [4.69, 9.17) is 29.3 Å². The van der Waals surface area contributed by atoms with Gasteiger partial charge in [0.15, 0.2) is 0 Å². The largest absolute Gasteiger partial charge is 0.406 e. The Morgan fingerprint density at radius 3 is 2.68 bits per heavy atom. The lowest BCUT2D eigenvalue weighted by Gasteiger charge is -2.26. The Morgan fingerprint density at radius 2 is 1.96 bits per heavy atom. The Labute approximate surface area is 157 Å². The highest BCUT2D eigenvalue weighted by Crippen LogP contribution is 2.32. The molecule has 1 aliphatic heterocycles. The maximum absolute atomic E-state index is 14.8. The number of benzene rings is 2. The lowest BCUT2D eigenvalue weighted by Crippen LogP contribution is -2.39. The van der Waals surface area contributed by atoms with Crippen molar-refractivity contribution in [1.82, 2.24) is 0 Å². The van der Waals surface area contributed by atoms with E-state index in [9.17, 15) is 17.6 Å². The average Bonchev–Trinajstić information content (AvgIpc) is 2.76. The van der Waals surface area contributed by atoms with Crippen LogP contribution in [0.2, 0.25) is 5.02 Å². The van der Waals surface area contributed by atoms with Gasteiger partial charge in [0.2, 0.25) is 0 Å². The molecule has 0 bridgehead atoms. The first-order chi connectivity index (χ1) is 13.4. The van der Waals surface area contributed by atoms with Crippen LogP contribution in [0.3, 0.4) is 0 Å². The van der Waals surface area contributed by atoms with E-state index < -0.39 is 54.8 Å². The first kappa shape index (κ1) is 13.2. The molecule has 0 amide bonds. The van der Waals surface area contributed by atoms with Gasteiger partial charge in [-0.15, -0.1) is 0 Å². The summed E-state index contributed by atoms with van der Waals surface area (Å²) < 4.78 is 85.2. The van der Waals surface area contributed by atoms with Crippen LogP contribution in [-0.4, -0.2) is 30.0 Å². The summed E-state index contributed by atoms with van der Waals surface area (Å²) in [6, 6.07) is 0.789. The lowest BCUT2D eigenvalue weighted by molar-refractivity contribution is -0.117. The third-order valence-electron chi connectivity index (χ3n) is 3.39. The molecule has 130 valence electrons. The van der Waals surface area contributed by atoms with Gasteiger partial charge in [-0.05, 0) is 30.3 Å². The number of hydrogen-bond donors (Lipinski definition) is 0. The normalized spacial score (nSPS) is 17.1. The molecule has 1 heterocycles. The van der Waals surface area contributed by atoms with Crippen molar-refractivity contribution >= 4 is 40.2 Å². The molecule has 0 aliphatic carbocycles. The molecule has 0 fully saturated rings. The fourth-order valence-electron chi connectivity index (χ4n) is 2.41. The third-order valence-corrected chi connectivity index (χ3v) is 3.98. The Balaban J connectivity index is 2.31. The minimum atomic E-state index is -4.59. The summed E-state index contributed by atoms with van der Waals surface area (Å²) in [6.07, 6.45) is -4.59. The standard InChI is InChI=1S/C17H11ClF4N2S/c18-10-5-6-14-12(7-10)16(11-3-1-2-4-13(11)19)23-8-15(25)24(14)9-17(20,21)22/h1-7H,8-9H2/i1D,2D,3D,4D. The summed E-state index contributed by atoms with van der Waals surface area (Å²) in [7, 11) is 0. The molecular formula is C17H11ClF4N2S. The number of thiocarbonyl (C=S) groups is 1. The number of halogens is 5. The second-order valence-corrected chi connectivity index (χ2v) is 6.02. The van der Waals surface area contributed by atoms with Gasteiger partial charge < -0.3 is 4.90 Å². The number of anilines is 1. The highest BCUT2D eigenvalue weighted by molar-refractivity contribution is 7.80. The van der Waals surface area contributed by atoms with Crippen LogP contribution in [0.4, 0.5) is 23.2 Å². The van der Waals surface area contributed by atoms with Gasteiger partial charge in [-0.1, -0.05) is 35.9 Å². The van der Waals surface area contributed by atoms with Gasteiger partial charge in [0.25, 0.3) is 0 Å². The molecule has 3 rings (SSSR count). The number of hydrogen-bond acceptors (Lipinski definition) is 2. The molecule has 1 aliphatic rings. The van der Waals surface area contributed by atoms with E-state index in [0.29, 0.717) is 0 Å². The van der Waals surface area contributed by atoms with Gasteiger partial charge in [0.05, 0.1) is 23.4 Å². The molecule has 0 atom stereocenters. The Morgan fingerprint density at radius 1 is 1.24 bits per heavy atom. The van der Waals surface area contributed by atoms with Crippen LogP contribution in [-0.2, 0) is 0 Å². The van der Waals surface area contributed by atoms with E-state index in [1.807, 2.05) is 0 Å². The average molecular weight is 391 g/mol. The van der Waals surface area contributed by atoms with E-state index in [1.54, 1.807) is 0 Å². The summed E-state index contributed by atoms with van der Waals surface area (Å²) in [5, 5.41) is 0.123. The van der Waals surface area contributed by atoms with Crippen LogP contribution in [0, 0.1) is 5.82 Å². The van der Waals surface area contributed by atoms with E-state index in [1.165, 1.54) is 18.2 Å². The van der Waals surface area contributed by atoms with Crippen molar-refractivity contribution < 1.29 is 23.0 Å². The van der Waals surface area contributed by atoms with Crippen molar-refractivity contribution in [2.75, 3.05) is 18.0 Å². The predicted octanol–water partition coefficient (Wildman–Crippen LogP) is 5.03. The molecule has 0 aromatic heterocycles. The molecule has 0 unspecified atom stereocenters. The van der Waals surface area contributed by atoms with Gasteiger partial charge in [0, 0.05) is 16.1 Å². The zero-order valence-corrected chi connectivity index (χ0v) is 13.9. The van der Waals surface area contributed by atoms with Gasteiger partial charge in [0.1, 0.15) is 17.4 Å². The fourth-order valence-corrected chi connectivity index (χ4v) is 2.81. The Hall–Kier alpha value is -1.99. The molecule has 0 saturated heterocycles. The number of rotatable bonds is 2. The second-order valence-electron chi connectivity index (χ2n) is 5.11. The maximum atomic E-state index is 14.8. The molecule has 2 aromatic carbocycles. The van der Waals surface area contributed by atoms with Crippen molar-refractivity contribution in [3.8, 4) is 0 Å². The number of nitrogens with zero attached hydrogens (tertiary/aromatic N) is 2. The SMILES string of the molecule is [2H]c1c([2H])c([2H])c(C2=NCC(=S)N(CC(F)(F)F)c3ccc(Cl)cc32)c(F)c1[2H]. The van der Waals surface area contributed by atoms with Gasteiger partial charge in [-0.2, -0.15) is 13.2 Å². The van der Waals surface area contributed by atoms with E-state index >= 15 is 0 Å². The van der Waals surface area contributed by atoms with Gasteiger partial charge >= 0.3 is 6.18 Å². The smallest absolute Gasteiger partial charge is 0.325 e. The second kappa shape index (κ2) is 6.72. The quantitative estimate of drug-likeness (QED) is 0.528. The first-order valence-electron chi connectivity index (χ1n) is 8.90. The summed E-state index contributed by atoms with van der Waals surface area (Å²) in [5.74, 6) is -1.27. The summed E-state index contributed by atoms with van der Waals surface area (Å²) in [6.45, 7) is -1.81. The predicted molar refractivity (Wildman–Crippen MR) is 94.4 cm³/mol. The van der Waals surface area contributed by atoms with Gasteiger partial charge in [-0.3, -0.25) is 4.99 Å². The number of benzodiazepines with no additional fused rings is 1. The van der Waals surface area contributed by atoms with Crippen LogP contribution >= 0.6 is 23.8 Å². The molecule has 0 radical (unpaired) electrons. The van der Waals surface area contributed by atoms with Crippen molar-refractivity contribution in [2.45, 2.75) is 6.18 Å². The van der Waals surface area contributed by atoms with Crippen LogP contribution in [0.15, 0.2) is 47.4 Å². The number of aliphatic imine (C=N–C) groups is 1. The maximum Gasteiger partial charge on any atom is 0.406 e. The topological polar surface area (TPSA) is 15.6 Å². The molecule has 0 N–H and O–H groups in total. The number of alkyl halides is 3. The molecule has 2 aromatic rings. The lowest BCUT2D eigenvalue weighted by atomic mass is 9.99. The zero-order chi connectivity index (χ0) is 21.7. The minimum Gasteiger partial charge on any atom is -0.325 e. The van der Waals surface area contributed by atoms with Crippen LogP contribution in [0.5, 0.6) is 0 Å². The highest BCUT2D eigenvalue weighted by Gasteiger charge is 2.35. The third kappa shape index (κ3) is 3.82. The molecule has 0 saturated carbocycles. The van der Waals surface area contributed by atoms with Crippen molar-refractivity contribution in [2.24, 2.45) is 4.99 Å². The molecular weight excluding hydrogens is 376 g/mol. The Bertz CT molecular complexity index is 1030. The fraction of sp³-hybridized carbons (Fsp3) is 0.176. The summed E-state index contributed by atoms with van der Waals surface area (Å²) in [4.78, 5) is 4.72. The molecule has 0 spiro atoms. The van der Waals surface area contributed by atoms with Crippen molar-refractivity contribution in [1.29, 1.82) is 0 Å². The molecule has 2 nitrogen and oxygen atoms in total. The van der Waals surface area contributed by atoms with Crippen molar-refractivity contribution in [3.05, 3.63) is 64.3 Å². The van der Waals surface area contributed by atoms with E-state index in [2.05, 4.69) is 4.99 Å². The van der Waals surface area contributed by atoms with E-state index in [-0.39, 0.29) is 27.0 Å². The van der Waals surface area contributed by atoms with Crippen LogP contribution in [0.1, 0.15) is 16.6 Å². The minimum absolute atomic E-state index is 0.0227. The summed E-state index contributed by atoms with van der Waals surface area (Å²) in [5.41, 5.74) is -0.875. The van der Waals surface area contributed by atoms with Crippen LogP contribution < -0.4 is 4.90 Å². The molecule has 25 heavy (non-hydrogen) atoms. The van der Waals surface area contributed by atoms with Gasteiger partial charge in [-0.25, -0.2) is 4.39 Å². The van der Waals surface area contributed by atoms with Crippen LogP contribution in [0.25, 0.3) is 0 Å². The molecule has 8 heteroatoms. The number of fused-ring (bicyclic) bond motifs is 1.